The molecule has 0 radical (unpaired) electrons. The zero-order valence-corrected chi connectivity index (χ0v) is 14.2. The molecule has 0 unspecified atom stereocenters. The van der Waals surface area contributed by atoms with E-state index in [4.69, 9.17) is 10.5 Å². The Balaban J connectivity index is 2.41. The number of rotatable bonds is 4. The molecule has 0 atom stereocenters. The second-order valence-corrected chi connectivity index (χ2v) is 7.26. The molecular weight excluding hydrogens is 262 g/mol. The van der Waals surface area contributed by atoms with Gasteiger partial charge in [0.25, 0.3) is 0 Å². The van der Waals surface area contributed by atoms with Crippen molar-refractivity contribution in [2.24, 2.45) is 10.7 Å². The fraction of sp³-hybridized carbons (Fsp3) is 0.588. The van der Waals surface area contributed by atoms with Crippen molar-refractivity contribution in [3.63, 3.8) is 0 Å². The first-order valence-corrected chi connectivity index (χ1v) is 7.39. The van der Waals surface area contributed by atoms with E-state index in [-0.39, 0.29) is 11.0 Å². The van der Waals surface area contributed by atoms with Gasteiger partial charge in [-0.3, -0.25) is 0 Å². The van der Waals surface area contributed by atoms with E-state index in [9.17, 15) is 0 Å². The Labute approximate surface area is 128 Å². The first-order chi connectivity index (χ1) is 9.58. The summed E-state index contributed by atoms with van der Waals surface area (Å²) in [5.41, 5.74) is 7.18. The molecule has 0 aliphatic heterocycles. The average molecular weight is 291 g/mol. The van der Waals surface area contributed by atoms with Crippen LogP contribution < -0.4 is 15.8 Å². The van der Waals surface area contributed by atoms with Crippen LogP contribution in [0.4, 0.5) is 0 Å². The van der Waals surface area contributed by atoms with Crippen molar-refractivity contribution in [3.8, 4) is 5.75 Å². The van der Waals surface area contributed by atoms with Gasteiger partial charge in [-0.1, -0.05) is 32.9 Å². The monoisotopic (exact) mass is 291 g/mol. The van der Waals surface area contributed by atoms with E-state index in [1.807, 2.05) is 32.9 Å². The van der Waals surface area contributed by atoms with Crippen LogP contribution >= 0.6 is 0 Å². The van der Waals surface area contributed by atoms with Crippen LogP contribution in [-0.2, 0) is 5.41 Å². The van der Waals surface area contributed by atoms with Gasteiger partial charge >= 0.3 is 0 Å². The van der Waals surface area contributed by atoms with Crippen LogP contribution in [0.1, 0.15) is 47.1 Å². The van der Waals surface area contributed by atoms with Gasteiger partial charge < -0.3 is 15.8 Å². The molecule has 0 saturated carbocycles. The lowest BCUT2D eigenvalue weighted by Gasteiger charge is -2.21. The van der Waals surface area contributed by atoms with Gasteiger partial charge in [0.1, 0.15) is 12.4 Å². The van der Waals surface area contributed by atoms with Crippen molar-refractivity contribution in [2.75, 3.05) is 13.2 Å². The van der Waals surface area contributed by atoms with Crippen LogP contribution in [0.5, 0.6) is 5.75 Å². The number of guanidine groups is 1. The van der Waals surface area contributed by atoms with E-state index in [1.54, 1.807) is 0 Å². The molecule has 0 amide bonds. The Morgan fingerprint density at radius 2 is 1.67 bits per heavy atom. The van der Waals surface area contributed by atoms with Gasteiger partial charge in [0.15, 0.2) is 5.96 Å². The Morgan fingerprint density at radius 3 is 2.14 bits per heavy atom. The van der Waals surface area contributed by atoms with Crippen molar-refractivity contribution in [3.05, 3.63) is 29.8 Å². The first-order valence-electron chi connectivity index (χ1n) is 7.39. The van der Waals surface area contributed by atoms with E-state index >= 15 is 0 Å². The molecule has 0 aromatic heterocycles. The number of benzene rings is 1. The van der Waals surface area contributed by atoms with Crippen molar-refractivity contribution >= 4 is 5.96 Å². The summed E-state index contributed by atoms with van der Waals surface area (Å²) in [6.45, 7) is 13.8. The first kappa shape index (κ1) is 17.3. The molecule has 4 nitrogen and oxygen atoms in total. The van der Waals surface area contributed by atoms with Gasteiger partial charge in [-0.25, -0.2) is 4.99 Å². The van der Waals surface area contributed by atoms with Crippen molar-refractivity contribution in [2.45, 2.75) is 52.5 Å². The fourth-order valence-corrected chi connectivity index (χ4v) is 1.80. The number of nitrogens with two attached hydrogens (primary N) is 1. The minimum absolute atomic E-state index is 0.0722. The van der Waals surface area contributed by atoms with Crippen LogP contribution in [0, 0.1) is 0 Å². The minimum atomic E-state index is -0.0722. The Kier molecular flexibility index (Phi) is 5.64. The molecule has 0 heterocycles. The van der Waals surface area contributed by atoms with E-state index in [1.165, 1.54) is 5.56 Å². The van der Waals surface area contributed by atoms with Gasteiger partial charge in [-0.15, -0.1) is 0 Å². The average Bonchev–Trinajstić information content (AvgIpc) is 2.32. The van der Waals surface area contributed by atoms with Crippen molar-refractivity contribution in [1.29, 1.82) is 0 Å². The standard InChI is InChI=1S/C17H29N3O/c1-16(2,3)13-7-9-14(10-8-13)21-12-11-19-15(18)20-17(4,5)6/h7-10H,11-12H2,1-6H3,(H3,18,19,20). The molecule has 118 valence electrons. The summed E-state index contributed by atoms with van der Waals surface area (Å²) in [7, 11) is 0. The maximum absolute atomic E-state index is 5.79. The summed E-state index contributed by atoms with van der Waals surface area (Å²) < 4.78 is 5.66. The third-order valence-corrected chi connectivity index (χ3v) is 2.87. The Morgan fingerprint density at radius 1 is 1.10 bits per heavy atom. The van der Waals surface area contributed by atoms with Gasteiger partial charge in [0.2, 0.25) is 0 Å². The fourth-order valence-electron chi connectivity index (χ4n) is 1.80. The summed E-state index contributed by atoms with van der Waals surface area (Å²) in [4.78, 5) is 4.24. The summed E-state index contributed by atoms with van der Waals surface area (Å²) in [6.07, 6.45) is 0. The van der Waals surface area contributed by atoms with Crippen LogP contribution in [0.15, 0.2) is 29.3 Å². The lowest BCUT2D eigenvalue weighted by Crippen LogP contribution is -2.45. The third-order valence-electron chi connectivity index (χ3n) is 2.87. The molecule has 0 bridgehead atoms. The summed E-state index contributed by atoms with van der Waals surface area (Å²) in [6, 6.07) is 8.21. The summed E-state index contributed by atoms with van der Waals surface area (Å²) in [5.74, 6) is 1.31. The van der Waals surface area contributed by atoms with Crippen LogP contribution in [0.2, 0.25) is 0 Å². The highest BCUT2D eigenvalue weighted by molar-refractivity contribution is 5.78. The van der Waals surface area contributed by atoms with Crippen LogP contribution in [0.3, 0.4) is 0 Å². The smallest absolute Gasteiger partial charge is 0.189 e. The molecule has 4 heteroatoms. The molecule has 0 saturated heterocycles. The van der Waals surface area contributed by atoms with E-state index in [0.717, 1.165) is 5.75 Å². The number of ether oxygens (including phenoxy) is 1. The number of hydrogen-bond donors (Lipinski definition) is 2. The van der Waals surface area contributed by atoms with Crippen LogP contribution in [-0.4, -0.2) is 24.7 Å². The quantitative estimate of drug-likeness (QED) is 0.509. The molecule has 0 aliphatic rings. The van der Waals surface area contributed by atoms with Crippen molar-refractivity contribution < 1.29 is 4.74 Å². The summed E-state index contributed by atoms with van der Waals surface area (Å²) >= 11 is 0. The highest BCUT2D eigenvalue weighted by Gasteiger charge is 2.13. The molecule has 1 aromatic carbocycles. The lowest BCUT2D eigenvalue weighted by atomic mass is 9.87. The van der Waals surface area contributed by atoms with Crippen molar-refractivity contribution in [1.82, 2.24) is 5.32 Å². The normalized spacial score (nSPS) is 13.1. The molecule has 3 N–H and O–H groups in total. The molecule has 21 heavy (non-hydrogen) atoms. The Hall–Kier alpha value is -1.71. The zero-order chi connectivity index (χ0) is 16.1. The predicted molar refractivity (Wildman–Crippen MR) is 90.0 cm³/mol. The number of nitrogens with zero attached hydrogens (tertiary/aromatic N) is 1. The lowest BCUT2D eigenvalue weighted by molar-refractivity contribution is 0.328. The van der Waals surface area contributed by atoms with E-state index in [0.29, 0.717) is 19.1 Å². The number of aliphatic imine (C=N–C) groups is 1. The molecule has 0 fully saturated rings. The summed E-state index contributed by atoms with van der Waals surface area (Å²) in [5, 5.41) is 3.11. The van der Waals surface area contributed by atoms with Gasteiger partial charge in [-0.05, 0) is 43.9 Å². The van der Waals surface area contributed by atoms with Gasteiger partial charge in [-0.2, -0.15) is 0 Å². The Bertz CT molecular complexity index is 464. The van der Waals surface area contributed by atoms with Crippen LogP contribution in [0.25, 0.3) is 0 Å². The highest BCUT2D eigenvalue weighted by atomic mass is 16.5. The minimum Gasteiger partial charge on any atom is -0.492 e. The largest absolute Gasteiger partial charge is 0.492 e. The zero-order valence-electron chi connectivity index (χ0n) is 14.2. The molecule has 1 rings (SSSR count). The van der Waals surface area contributed by atoms with E-state index in [2.05, 4.69) is 43.2 Å². The highest BCUT2D eigenvalue weighted by Crippen LogP contribution is 2.24. The number of nitrogens with one attached hydrogen (secondary N) is 1. The molecule has 1 aromatic rings. The second kappa shape index (κ2) is 6.83. The van der Waals surface area contributed by atoms with E-state index < -0.39 is 0 Å². The third kappa shape index (κ3) is 7.02. The maximum atomic E-state index is 5.79. The second-order valence-electron chi connectivity index (χ2n) is 7.26. The van der Waals surface area contributed by atoms with Gasteiger partial charge in [0, 0.05) is 5.54 Å². The molecular formula is C17H29N3O. The predicted octanol–water partition coefficient (Wildman–Crippen LogP) is 3.07. The topological polar surface area (TPSA) is 59.6 Å². The van der Waals surface area contributed by atoms with Gasteiger partial charge in [0.05, 0.1) is 6.54 Å². The molecule has 0 aliphatic carbocycles. The SMILES string of the molecule is CC(C)(C)NC(N)=NCCOc1ccc(C(C)(C)C)cc1. The number of hydrogen-bond acceptors (Lipinski definition) is 2. The maximum Gasteiger partial charge on any atom is 0.189 e. The molecule has 0 spiro atoms.